The Balaban J connectivity index is 2.76. The Hall–Kier alpha value is -1.13. The van der Waals surface area contributed by atoms with Gasteiger partial charge in [0, 0.05) is 0 Å². The highest BCUT2D eigenvalue weighted by Crippen LogP contribution is 2.14. The number of carbonyl (C=O) groups excluding carboxylic acids is 1. The van der Waals surface area contributed by atoms with Crippen LogP contribution in [0.3, 0.4) is 0 Å². The van der Waals surface area contributed by atoms with Crippen LogP contribution < -0.4 is 5.32 Å². The molecule has 10 heteroatoms. The first-order chi connectivity index (χ1) is 10.9. The molecule has 1 heterocycles. The first-order valence-electron chi connectivity index (χ1n) is 7.45. The van der Waals surface area contributed by atoms with Gasteiger partial charge in [-0.25, -0.2) is 4.79 Å². The highest BCUT2D eigenvalue weighted by molar-refractivity contribution is 9.10. The molecule has 8 nitrogen and oxygen atoms in total. The number of halogens is 1. The van der Waals surface area contributed by atoms with Crippen LogP contribution in [0.1, 0.15) is 39.8 Å². The Labute approximate surface area is 151 Å². The van der Waals surface area contributed by atoms with Crippen LogP contribution in [0.25, 0.3) is 0 Å². The fourth-order valence-corrected chi connectivity index (χ4v) is 2.61. The number of hydrogen-bond acceptors (Lipinski definition) is 6. The zero-order chi connectivity index (χ0) is 18.5. The summed E-state index contributed by atoms with van der Waals surface area (Å²) in [5.41, 5.74) is 0.00252. The molecule has 0 bridgehead atoms. The monoisotopic (exact) mass is 425 g/mol. The van der Waals surface area contributed by atoms with Crippen molar-refractivity contribution in [2.24, 2.45) is 0 Å². The summed E-state index contributed by atoms with van der Waals surface area (Å²) in [5, 5.41) is 7.03. The summed E-state index contributed by atoms with van der Waals surface area (Å²) in [6.45, 7) is 7.54. The number of rotatable bonds is 7. The van der Waals surface area contributed by atoms with Gasteiger partial charge in [-0.2, -0.15) is 13.5 Å². The number of nitrogens with one attached hydrogen (secondary N) is 1. The van der Waals surface area contributed by atoms with E-state index in [4.69, 9.17) is 8.92 Å². The van der Waals surface area contributed by atoms with Crippen LogP contribution in [0.5, 0.6) is 0 Å². The van der Waals surface area contributed by atoms with E-state index >= 15 is 0 Å². The van der Waals surface area contributed by atoms with E-state index in [1.54, 1.807) is 31.5 Å². The lowest BCUT2D eigenvalue weighted by atomic mass is 10.2. The molecular weight excluding hydrogens is 402 g/mol. The lowest BCUT2D eigenvalue weighted by Gasteiger charge is -2.23. The largest absolute Gasteiger partial charge is 0.444 e. The number of amides is 1. The molecule has 0 aliphatic rings. The molecule has 0 aliphatic heterocycles. The minimum Gasteiger partial charge on any atom is -0.444 e. The predicted molar refractivity (Wildman–Crippen MR) is 93.0 cm³/mol. The van der Waals surface area contributed by atoms with Crippen molar-refractivity contribution < 1.29 is 22.1 Å². The van der Waals surface area contributed by atoms with Gasteiger partial charge in [0.1, 0.15) is 16.8 Å². The fraction of sp³-hybridized carbons (Fsp3) is 0.714. The molecule has 0 aliphatic carbocycles. The van der Waals surface area contributed by atoms with Gasteiger partial charge in [0.25, 0.3) is 10.1 Å². The number of aromatic nitrogens is 2. The average Bonchev–Trinajstić information content (AvgIpc) is 2.72. The maximum absolute atomic E-state index is 11.9. The first-order valence-corrected chi connectivity index (χ1v) is 10.1. The van der Waals surface area contributed by atoms with E-state index in [0.717, 1.165) is 6.26 Å². The van der Waals surface area contributed by atoms with Crippen LogP contribution in [0.2, 0.25) is 0 Å². The Morgan fingerprint density at radius 1 is 1.46 bits per heavy atom. The van der Waals surface area contributed by atoms with Gasteiger partial charge in [-0.15, -0.1) is 0 Å². The highest BCUT2D eigenvalue weighted by Gasteiger charge is 2.20. The molecule has 0 fully saturated rings. The topological polar surface area (TPSA) is 99.5 Å². The molecule has 24 heavy (non-hydrogen) atoms. The van der Waals surface area contributed by atoms with Crippen molar-refractivity contribution in [2.75, 3.05) is 6.26 Å². The summed E-state index contributed by atoms with van der Waals surface area (Å²) in [7, 11) is -3.55. The molecule has 0 radical (unpaired) electrons. The molecule has 1 amide bonds. The number of nitrogens with zero attached hydrogens (tertiary/aromatic N) is 2. The van der Waals surface area contributed by atoms with E-state index < -0.39 is 21.8 Å². The molecule has 1 atom stereocenters. The van der Waals surface area contributed by atoms with Crippen molar-refractivity contribution in [2.45, 2.75) is 58.9 Å². The van der Waals surface area contributed by atoms with Crippen LogP contribution in [-0.2, 0) is 32.2 Å². The van der Waals surface area contributed by atoms with E-state index in [2.05, 4.69) is 26.3 Å². The van der Waals surface area contributed by atoms with Crippen LogP contribution in [0, 0.1) is 0 Å². The minimum atomic E-state index is -3.55. The van der Waals surface area contributed by atoms with Gasteiger partial charge in [-0.05, 0) is 49.2 Å². The lowest BCUT2D eigenvalue weighted by molar-refractivity contribution is 0.0496. The predicted octanol–water partition coefficient (Wildman–Crippen LogP) is 2.43. The second-order valence-corrected chi connectivity index (χ2v) is 8.81. The summed E-state index contributed by atoms with van der Waals surface area (Å²) >= 11 is 3.26. The van der Waals surface area contributed by atoms with Crippen LogP contribution in [0.15, 0.2) is 10.7 Å². The highest BCUT2D eigenvalue weighted by atomic mass is 79.9. The summed E-state index contributed by atoms with van der Waals surface area (Å²) in [6, 6.07) is 1.45. The second kappa shape index (κ2) is 8.30. The van der Waals surface area contributed by atoms with Gasteiger partial charge in [-0.3, -0.25) is 8.86 Å². The summed E-state index contributed by atoms with van der Waals surface area (Å²) in [6.07, 6.45) is 1.14. The fourth-order valence-electron chi connectivity index (χ4n) is 1.82. The minimum absolute atomic E-state index is 0.125. The molecule has 0 saturated carbocycles. The van der Waals surface area contributed by atoms with Crippen LogP contribution >= 0.6 is 15.9 Å². The molecule has 0 spiro atoms. The summed E-state index contributed by atoms with van der Waals surface area (Å²) in [4.78, 5) is 11.9. The third-order valence-electron chi connectivity index (χ3n) is 2.86. The number of alkyl carbamates (subject to hydrolysis) is 1. The van der Waals surface area contributed by atoms with Crippen molar-refractivity contribution in [3.8, 4) is 0 Å². The van der Waals surface area contributed by atoms with Crippen molar-refractivity contribution in [1.29, 1.82) is 0 Å². The van der Waals surface area contributed by atoms with E-state index in [1.165, 1.54) is 0 Å². The Morgan fingerprint density at radius 2 is 2.08 bits per heavy atom. The van der Waals surface area contributed by atoms with Crippen molar-refractivity contribution in [3.05, 3.63) is 16.4 Å². The van der Waals surface area contributed by atoms with Crippen molar-refractivity contribution in [1.82, 2.24) is 15.1 Å². The molecule has 1 N–H and O–H groups in total. The summed E-state index contributed by atoms with van der Waals surface area (Å²) in [5.74, 6) is 0. The number of ether oxygens (including phenoxy) is 1. The third-order valence-corrected chi connectivity index (χ3v) is 3.79. The SMILES string of the molecule is CCC(Cn1nc(Br)cc1COS(C)(=O)=O)NC(=O)OC(C)(C)C. The smallest absolute Gasteiger partial charge is 0.407 e. The standard InChI is InChI=1S/C14H24BrN3O5S/c1-6-10(16-13(19)23-14(2,3)4)8-18-11(7-12(15)17-18)9-22-24(5,20)21/h7,10H,6,8-9H2,1-5H3,(H,16,19). The molecule has 1 unspecified atom stereocenters. The summed E-state index contributed by atoms with van der Waals surface area (Å²) < 4.78 is 34.5. The van der Waals surface area contributed by atoms with Crippen LogP contribution in [-0.4, -0.2) is 42.2 Å². The van der Waals surface area contributed by atoms with Gasteiger partial charge in [0.05, 0.1) is 24.5 Å². The molecule has 0 saturated heterocycles. The van der Waals surface area contributed by atoms with E-state index in [9.17, 15) is 13.2 Å². The van der Waals surface area contributed by atoms with Crippen molar-refractivity contribution in [3.63, 3.8) is 0 Å². The van der Waals surface area contributed by atoms with E-state index in [-0.39, 0.29) is 12.6 Å². The average molecular weight is 426 g/mol. The van der Waals surface area contributed by atoms with Gasteiger partial charge >= 0.3 is 6.09 Å². The molecule has 1 rings (SSSR count). The molecule has 1 aromatic rings. The zero-order valence-corrected chi connectivity index (χ0v) is 16.9. The maximum Gasteiger partial charge on any atom is 0.407 e. The first kappa shape index (κ1) is 20.9. The Kier molecular flexibility index (Phi) is 7.24. The number of hydrogen-bond donors (Lipinski definition) is 1. The zero-order valence-electron chi connectivity index (χ0n) is 14.5. The van der Waals surface area contributed by atoms with Crippen molar-refractivity contribution >= 4 is 32.1 Å². The number of carbonyl (C=O) groups is 1. The Morgan fingerprint density at radius 3 is 2.58 bits per heavy atom. The lowest BCUT2D eigenvalue weighted by Crippen LogP contribution is -2.41. The molecule has 0 aromatic carbocycles. The van der Waals surface area contributed by atoms with Gasteiger partial charge in [0.2, 0.25) is 0 Å². The van der Waals surface area contributed by atoms with Gasteiger partial charge in [-0.1, -0.05) is 6.92 Å². The quantitative estimate of drug-likeness (QED) is 0.673. The maximum atomic E-state index is 11.9. The van der Waals surface area contributed by atoms with Gasteiger partial charge < -0.3 is 10.1 Å². The van der Waals surface area contributed by atoms with E-state index in [0.29, 0.717) is 23.3 Å². The van der Waals surface area contributed by atoms with E-state index in [1.807, 2.05) is 6.92 Å². The van der Waals surface area contributed by atoms with Gasteiger partial charge in [0.15, 0.2) is 0 Å². The molecule has 138 valence electrons. The normalized spacial score (nSPS) is 13.6. The van der Waals surface area contributed by atoms with Crippen LogP contribution in [0.4, 0.5) is 4.79 Å². The third kappa shape index (κ3) is 8.11. The second-order valence-electron chi connectivity index (χ2n) is 6.36. The molecule has 1 aromatic heterocycles. The Bertz CT molecular complexity index is 666. The molecular formula is C14H24BrN3O5S.